The number of nitrogens with one attached hydrogen (secondary N) is 1. The number of fused-ring (bicyclic) bond motifs is 1. The molecule has 1 atom stereocenters. The van der Waals surface area contributed by atoms with Gasteiger partial charge in [0.15, 0.2) is 5.78 Å². The van der Waals surface area contributed by atoms with Crippen molar-refractivity contribution in [2.75, 3.05) is 13.2 Å². The lowest BCUT2D eigenvalue weighted by molar-refractivity contribution is 0.0172. The Balaban J connectivity index is 1.73. The molecule has 2 heterocycles. The van der Waals surface area contributed by atoms with E-state index in [1.54, 1.807) is 13.2 Å². The highest BCUT2D eigenvalue weighted by Gasteiger charge is 2.33. The first-order valence-electron chi connectivity index (χ1n) is 8.54. The van der Waals surface area contributed by atoms with Gasteiger partial charge < -0.3 is 18.9 Å². The smallest absolute Gasteiger partial charge is 0.355 e. The molecule has 0 spiro atoms. The van der Waals surface area contributed by atoms with Crippen LogP contribution in [0.4, 0.5) is 0 Å². The number of carbonyl (C=O) groups excluding carboxylic acids is 2. The highest BCUT2D eigenvalue weighted by atomic mass is 16.6. The molecule has 0 amide bonds. The third kappa shape index (κ3) is 3.69. The van der Waals surface area contributed by atoms with Crippen molar-refractivity contribution < 1.29 is 23.5 Å². The molecule has 0 bridgehead atoms. The van der Waals surface area contributed by atoms with E-state index in [0.717, 1.165) is 11.5 Å². The van der Waals surface area contributed by atoms with Gasteiger partial charge in [-0.15, -0.1) is 0 Å². The summed E-state index contributed by atoms with van der Waals surface area (Å²) in [5.74, 6) is 0.359. The summed E-state index contributed by atoms with van der Waals surface area (Å²) in [7, 11) is 0. The van der Waals surface area contributed by atoms with E-state index in [4.69, 9.17) is 13.9 Å². The summed E-state index contributed by atoms with van der Waals surface area (Å²) in [5.41, 5.74) is 2.41. The molecule has 0 unspecified atom stereocenters. The quantitative estimate of drug-likeness (QED) is 0.641. The molecule has 6 heteroatoms. The Morgan fingerprint density at radius 3 is 2.84 bits per heavy atom. The van der Waals surface area contributed by atoms with Crippen LogP contribution in [0.2, 0.25) is 0 Å². The molecule has 1 N–H and O–H groups in total. The van der Waals surface area contributed by atoms with Gasteiger partial charge in [-0.05, 0) is 44.9 Å². The summed E-state index contributed by atoms with van der Waals surface area (Å²) in [6.45, 7) is 6.16. The van der Waals surface area contributed by atoms with Crippen LogP contribution in [0.15, 0.2) is 22.8 Å². The number of ketones is 1. The number of rotatable bonds is 6. The highest BCUT2D eigenvalue weighted by Crippen LogP contribution is 2.35. The molecule has 0 aliphatic heterocycles. The first-order chi connectivity index (χ1) is 12.0. The Kier molecular flexibility index (Phi) is 5.08. The molecule has 2 aromatic heterocycles. The highest BCUT2D eigenvalue weighted by molar-refractivity contribution is 6.03. The maximum Gasteiger partial charge on any atom is 0.355 e. The second-order valence-electron chi connectivity index (χ2n) is 6.58. The molecule has 2 aromatic rings. The number of aromatic amines is 1. The predicted octanol–water partition coefficient (Wildman–Crippen LogP) is 3.41. The van der Waals surface area contributed by atoms with Gasteiger partial charge >= 0.3 is 5.97 Å². The monoisotopic (exact) mass is 345 g/mol. The van der Waals surface area contributed by atoms with Gasteiger partial charge in [-0.3, -0.25) is 4.79 Å². The van der Waals surface area contributed by atoms with Crippen molar-refractivity contribution in [1.29, 1.82) is 0 Å². The molecule has 1 aliphatic rings. The molecule has 134 valence electrons. The van der Waals surface area contributed by atoms with Gasteiger partial charge in [0.25, 0.3) is 0 Å². The number of H-pyrrole nitrogens is 1. The van der Waals surface area contributed by atoms with Gasteiger partial charge in [-0.2, -0.15) is 0 Å². The standard InChI is InChI=1S/C19H23NO5/c1-11(2)23-7-8-25-19(22)18-12(3)17-14(20-18)9-13(10-15(17)21)16-5-4-6-24-16/h4-6,11,13,20H,7-10H2,1-3H3/t13-/m1/s1. The van der Waals surface area contributed by atoms with Crippen LogP contribution in [0.5, 0.6) is 0 Å². The first kappa shape index (κ1) is 17.5. The number of Topliss-reactive ketones (excluding diaryl/α,β-unsaturated/α-hetero) is 1. The lowest BCUT2D eigenvalue weighted by Crippen LogP contribution is -2.18. The van der Waals surface area contributed by atoms with Crippen LogP contribution >= 0.6 is 0 Å². The molecular weight excluding hydrogens is 322 g/mol. The van der Waals surface area contributed by atoms with Crippen LogP contribution < -0.4 is 0 Å². The molecule has 0 aromatic carbocycles. The molecule has 0 radical (unpaired) electrons. The maximum absolute atomic E-state index is 12.5. The number of furan rings is 1. The fourth-order valence-electron chi connectivity index (χ4n) is 3.25. The van der Waals surface area contributed by atoms with E-state index >= 15 is 0 Å². The number of aromatic nitrogens is 1. The normalized spacial score (nSPS) is 17.0. The Bertz CT molecular complexity index is 757. The fourth-order valence-corrected chi connectivity index (χ4v) is 3.25. The van der Waals surface area contributed by atoms with Gasteiger partial charge in [-0.25, -0.2) is 4.79 Å². The van der Waals surface area contributed by atoms with Gasteiger partial charge in [0, 0.05) is 23.6 Å². The SMILES string of the molecule is Cc1c(C(=O)OCCOC(C)C)[nH]c2c1C(=O)C[C@H](c1ccco1)C2. The lowest BCUT2D eigenvalue weighted by atomic mass is 9.84. The Morgan fingerprint density at radius 2 is 2.16 bits per heavy atom. The largest absolute Gasteiger partial charge is 0.469 e. The molecule has 25 heavy (non-hydrogen) atoms. The zero-order valence-electron chi connectivity index (χ0n) is 14.8. The molecule has 3 rings (SSSR count). The molecule has 6 nitrogen and oxygen atoms in total. The number of hydrogen-bond acceptors (Lipinski definition) is 5. The Hall–Kier alpha value is -2.34. The van der Waals surface area contributed by atoms with E-state index in [2.05, 4.69) is 4.98 Å². The maximum atomic E-state index is 12.5. The fraction of sp³-hybridized carbons (Fsp3) is 0.474. The first-order valence-corrected chi connectivity index (χ1v) is 8.54. The van der Waals surface area contributed by atoms with Crippen LogP contribution in [-0.2, 0) is 15.9 Å². The average Bonchev–Trinajstić information content (AvgIpc) is 3.19. The third-order valence-corrected chi connectivity index (χ3v) is 4.41. The zero-order valence-corrected chi connectivity index (χ0v) is 14.8. The summed E-state index contributed by atoms with van der Waals surface area (Å²) in [5, 5.41) is 0. The molecule has 1 aliphatic carbocycles. The molecule has 0 saturated heterocycles. The van der Waals surface area contributed by atoms with Gasteiger partial charge in [-0.1, -0.05) is 0 Å². The predicted molar refractivity (Wildman–Crippen MR) is 91.0 cm³/mol. The van der Waals surface area contributed by atoms with Crippen LogP contribution in [0.25, 0.3) is 0 Å². The van der Waals surface area contributed by atoms with Crippen LogP contribution in [0.3, 0.4) is 0 Å². The summed E-state index contributed by atoms with van der Waals surface area (Å²) < 4.78 is 16.0. The van der Waals surface area contributed by atoms with E-state index in [0.29, 0.717) is 36.3 Å². The van der Waals surface area contributed by atoms with Crippen molar-refractivity contribution in [2.45, 2.75) is 45.6 Å². The summed E-state index contributed by atoms with van der Waals surface area (Å²) in [4.78, 5) is 28.0. The molecular formula is C19H23NO5. The lowest BCUT2D eigenvalue weighted by Gasteiger charge is -2.19. The molecule has 0 fully saturated rings. The number of hydrogen-bond donors (Lipinski definition) is 1. The van der Waals surface area contributed by atoms with Crippen molar-refractivity contribution in [1.82, 2.24) is 4.98 Å². The van der Waals surface area contributed by atoms with Crippen molar-refractivity contribution >= 4 is 11.8 Å². The minimum absolute atomic E-state index is 0.00337. The second-order valence-corrected chi connectivity index (χ2v) is 6.58. The topological polar surface area (TPSA) is 81.5 Å². The van der Waals surface area contributed by atoms with Crippen molar-refractivity contribution in [3.8, 4) is 0 Å². The summed E-state index contributed by atoms with van der Waals surface area (Å²) in [6.07, 6.45) is 2.72. The van der Waals surface area contributed by atoms with E-state index in [9.17, 15) is 9.59 Å². The van der Waals surface area contributed by atoms with Gasteiger partial charge in [0.2, 0.25) is 0 Å². The zero-order chi connectivity index (χ0) is 18.0. The van der Waals surface area contributed by atoms with E-state index in [1.807, 2.05) is 26.0 Å². The van der Waals surface area contributed by atoms with Crippen LogP contribution in [0, 0.1) is 6.92 Å². The van der Waals surface area contributed by atoms with Gasteiger partial charge in [0.1, 0.15) is 18.1 Å². The van der Waals surface area contributed by atoms with Crippen molar-refractivity contribution in [3.63, 3.8) is 0 Å². The average molecular weight is 345 g/mol. The third-order valence-electron chi connectivity index (χ3n) is 4.41. The van der Waals surface area contributed by atoms with Gasteiger partial charge in [0.05, 0.1) is 19.0 Å². The van der Waals surface area contributed by atoms with Crippen molar-refractivity contribution in [3.05, 3.63) is 46.7 Å². The van der Waals surface area contributed by atoms with E-state index in [-0.39, 0.29) is 24.4 Å². The molecule has 0 saturated carbocycles. The number of ether oxygens (including phenoxy) is 2. The van der Waals surface area contributed by atoms with E-state index in [1.165, 1.54) is 0 Å². The number of esters is 1. The van der Waals surface area contributed by atoms with Crippen LogP contribution in [0.1, 0.15) is 64.1 Å². The Labute approximate surface area is 146 Å². The van der Waals surface area contributed by atoms with Crippen molar-refractivity contribution in [2.24, 2.45) is 0 Å². The second kappa shape index (κ2) is 7.27. The Morgan fingerprint density at radius 1 is 1.36 bits per heavy atom. The number of carbonyl (C=O) groups is 2. The summed E-state index contributed by atoms with van der Waals surface area (Å²) in [6, 6.07) is 3.69. The van der Waals surface area contributed by atoms with E-state index < -0.39 is 5.97 Å². The minimum atomic E-state index is -0.457. The van der Waals surface area contributed by atoms with Crippen LogP contribution in [-0.4, -0.2) is 36.1 Å². The summed E-state index contributed by atoms with van der Waals surface area (Å²) >= 11 is 0. The minimum Gasteiger partial charge on any atom is -0.469 e.